The Balaban J connectivity index is 1.45. The van der Waals surface area contributed by atoms with E-state index in [0.29, 0.717) is 17.1 Å². The molecule has 0 fully saturated rings. The van der Waals surface area contributed by atoms with Crippen LogP contribution in [-0.4, -0.2) is 32.0 Å². The predicted molar refractivity (Wildman–Crippen MR) is 143 cm³/mol. The summed E-state index contributed by atoms with van der Waals surface area (Å²) in [5.74, 6) is -1.19. The number of carboxylic acid groups (broad SMARTS) is 1. The van der Waals surface area contributed by atoms with Crippen molar-refractivity contribution in [3.63, 3.8) is 0 Å². The number of ether oxygens (including phenoxy) is 1. The Morgan fingerprint density at radius 2 is 1.58 bits per heavy atom. The summed E-state index contributed by atoms with van der Waals surface area (Å²) in [7, 11) is 0. The number of rotatable bonds is 8. The summed E-state index contributed by atoms with van der Waals surface area (Å²) in [6.07, 6.45) is -0.592. The van der Waals surface area contributed by atoms with Gasteiger partial charge in [-0.3, -0.25) is 14.2 Å². The Labute approximate surface area is 214 Å². The molecular formula is C26H24N2O6S2. The molecular weight excluding hydrogens is 500 g/mol. The van der Waals surface area contributed by atoms with Gasteiger partial charge in [0.05, 0.1) is 11.4 Å². The highest BCUT2D eigenvalue weighted by Gasteiger charge is 2.32. The molecule has 2 atom stereocenters. The minimum atomic E-state index is -2.51. The van der Waals surface area contributed by atoms with Crippen LogP contribution in [0.25, 0.3) is 21.2 Å². The third-order valence-electron chi connectivity index (χ3n) is 5.54. The molecule has 8 nitrogen and oxygen atoms in total. The Morgan fingerprint density at radius 1 is 0.972 bits per heavy atom. The summed E-state index contributed by atoms with van der Waals surface area (Å²) < 4.78 is 29.1. The number of carboxylic acids is 1. The number of hydrogen-bond acceptors (Lipinski definition) is 5. The number of carbonyl (C=O) groups excluding carboxylic acids is 1. The Kier molecular flexibility index (Phi) is 7.68. The number of thiophene rings is 1. The number of nitrogens with one attached hydrogen (secondary N) is 1. The molecule has 1 heterocycles. The molecule has 0 saturated heterocycles. The molecule has 1 aromatic heterocycles. The molecule has 0 spiro atoms. The first-order valence-electron chi connectivity index (χ1n) is 11.0. The lowest BCUT2D eigenvalue weighted by molar-refractivity contribution is -0.139. The van der Waals surface area contributed by atoms with E-state index in [-0.39, 0.29) is 5.92 Å². The van der Waals surface area contributed by atoms with Gasteiger partial charge in [0.1, 0.15) is 11.8 Å². The van der Waals surface area contributed by atoms with Gasteiger partial charge in [-0.15, -0.1) is 11.3 Å². The number of aliphatic carboxylic acids is 1. The minimum absolute atomic E-state index is 0.318. The van der Waals surface area contributed by atoms with Crippen molar-refractivity contribution < 1.29 is 28.2 Å². The van der Waals surface area contributed by atoms with Crippen molar-refractivity contribution in [2.45, 2.75) is 19.9 Å². The molecule has 4 aromatic rings. The van der Waals surface area contributed by atoms with E-state index in [4.69, 9.17) is 4.74 Å². The molecule has 0 aliphatic rings. The standard InChI is InChI=1S/C26H24N2O6S2/c1-16(2)24(25(29)30)28(36(32)33)19-11-7-17(8-12-19)18-9-13-20(14-10-18)34-26(31)27-22-15-35-23-6-4-3-5-21(22)23/h3-16,24H,1-2H3,(H,27,31)(H,29,30)(H,32,33). The molecule has 10 heteroatoms. The predicted octanol–water partition coefficient (Wildman–Crippen LogP) is 6.23. The van der Waals surface area contributed by atoms with Gasteiger partial charge in [0.15, 0.2) is 0 Å². The summed E-state index contributed by atoms with van der Waals surface area (Å²) in [5, 5.41) is 15.1. The van der Waals surface area contributed by atoms with Crippen molar-refractivity contribution in [3.8, 4) is 16.9 Å². The highest BCUT2D eigenvalue weighted by molar-refractivity contribution is 7.80. The second-order valence-corrected chi connectivity index (χ2v) is 10.1. The zero-order valence-electron chi connectivity index (χ0n) is 19.5. The van der Waals surface area contributed by atoms with Gasteiger partial charge in [-0.2, -0.15) is 0 Å². The van der Waals surface area contributed by atoms with Crippen LogP contribution in [0.15, 0.2) is 78.2 Å². The van der Waals surface area contributed by atoms with Crippen molar-refractivity contribution in [2.75, 3.05) is 9.62 Å². The molecule has 2 unspecified atom stereocenters. The quantitative estimate of drug-likeness (QED) is 0.235. The van der Waals surface area contributed by atoms with Gasteiger partial charge in [-0.25, -0.2) is 13.8 Å². The van der Waals surface area contributed by atoms with Crippen LogP contribution in [0.1, 0.15) is 13.8 Å². The Bertz CT molecular complexity index is 1400. The normalized spacial score (nSPS) is 12.8. The number of anilines is 2. The van der Waals surface area contributed by atoms with Crippen molar-refractivity contribution in [2.24, 2.45) is 5.92 Å². The molecule has 186 valence electrons. The van der Waals surface area contributed by atoms with Crippen molar-refractivity contribution >= 4 is 56.1 Å². The molecule has 0 aliphatic carbocycles. The molecule has 4 rings (SSSR count). The molecule has 3 aromatic carbocycles. The van der Waals surface area contributed by atoms with Crippen LogP contribution in [0.4, 0.5) is 16.2 Å². The monoisotopic (exact) mass is 524 g/mol. The Morgan fingerprint density at radius 3 is 2.17 bits per heavy atom. The van der Waals surface area contributed by atoms with E-state index in [0.717, 1.165) is 25.5 Å². The summed E-state index contributed by atoms with van der Waals surface area (Å²) in [5.41, 5.74) is 2.64. The minimum Gasteiger partial charge on any atom is -0.480 e. The first-order chi connectivity index (χ1) is 17.2. The van der Waals surface area contributed by atoms with Crippen LogP contribution in [-0.2, 0) is 16.1 Å². The molecule has 0 saturated carbocycles. The third kappa shape index (κ3) is 5.56. The van der Waals surface area contributed by atoms with Crippen LogP contribution in [0.5, 0.6) is 5.75 Å². The number of amides is 1. The van der Waals surface area contributed by atoms with Gasteiger partial charge < -0.3 is 9.84 Å². The molecule has 0 radical (unpaired) electrons. The van der Waals surface area contributed by atoms with Crippen LogP contribution >= 0.6 is 11.3 Å². The molecule has 1 amide bonds. The van der Waals surface area contributed by atoms with Gasteiger partial charge in [0.2, 0.25) is 0 Å². The van der Waals surface area contributed by atoms with Crippen molar-refractivity contribution in [1.82, 2.24) is 0 Å². The summed E-state index contributed by atoms with van der Waals surface area (Å²) in [4.78, 5) is 24.0. The maximum atomic E-state index is 12.4. The number of nitrogens with zero attached hydrogens (tertiary/aromatic N) is 1. The highest BCUT2D eigenvalue weighted by Crippen LogP contribution is 2.31. The lowest BCUT2D eigenvalue weighted by Crippen LogP contribution is -2.45. The molecule has 0 bridgehead atoms. The fraction of sp³-hybridized carbons (Fsp3) is 0.154. The second-order valence-electron chi connectivity index (χ2n) is 8.31. The van der Waals surface area contributed by atoms with E-state index < -0.39 is 29.4 Å². The third-order valence-corrected chi connectivity index (χ3v) is 7.28. The zero-order valence-corrected chi connectivity index (χ0v) is 21.1. The maximum absolute atomic E-state index is 12.4. The first-order valence-corrected chi connectivity index (χ1v) is 13.0. The average Bonchev–Trinajstić information content (AvgIpc) is 3.25. The summed E-state index contributed by atoms with van der Waals surface area (Å²) in [6.45, 7) is 3.36. The van der Waals surface area contributed by atoms with Gasteiger partial charge in [-0.1, -0.05) is 56.3 Å². The number of benzene rings is 3. The van der Waals surface area contributed by atoms with E-state index in [2.05, 4.69) is 5.32 Å². The lowest BCUT2D eigenvalue weighted by atomic mass is 10.0. The number of carbonyl (C=O) groups is 2. The summed E-state index contributed by atoms with van der Waals surface area (Å²) >= 11 is -0.970. The van der Waals surface area contributed by atoms with Crippen LogP contribution in [0, 0.1) is 5.92 Å². The van der Waals surface area contributed by atoms with E-state index >= 15 is 0 Å². The van der Waals surface area contributed by atoms with Crippen molar-refractivity contribution in [3.05, 3.63) is 78.2 Å². The number of fused-ring (bicyclic) bond motifs is 1. The zero-order chi connectivity index (χ0) is 25.8. The highest BCUT2D eigenvalue weighted by atomic mass is 32.2. The second kappa shape index (κ2) is 10.9. The van der Waals surface area contributed by atoms with Crippen LogP contribution < -0.4 is 14.4 Å². The average molecular weight is 525 g/mol. The molecule has 0 aliphatic heterocycles. The molecule has 3 N–H and O–H groups in total. The van der Waals surface area contributed by atoms with Gasteiger partial charge in [-0.05, 0) is 47.4 Å². The van der Waals surface area contributed by atoms with Gasteiger partial charge >= 0.3 is 12.1 Å². The summed E-state index contributed by atoms with van der Waals surface area (Å²) in [6, 6.07) is 20.2. The topological polar surface area (TPSA) is 116 Å². The van der Waals surface area contributed by atoms with Crippen LogP contribution in [0.3, 0.4) is 0 Å². The van der Waals surface area contributed by atoms with Crippen molar-refractivity contribution in [1.29, 1.82) is 0 Å². The van der Waals surface area contributed by atoms with E-state index in [9.17, 15) is 23.5 Å². The van der Waals surface area contributed by atoms with Crippen LogP contribution in [0.2, 0.25) is 0 Å². The fourth-order valence-corrected chi connectivity index (χ4v) is 5.56. The largest absolute Gasteiger partial charge is 0.480 e. The van der Waals surface area contributed by atoms with E-state index in [1.807, 2.05) is 29.6 Å². The maximum Gasteiger partial charge on any atom is 0.417 e. The molecule has 36 heavy (non-hydrogen) atoms. The first kappa shape index (κ1) is 25.4. The van der Waals surface area contributed by atoms with Gasteiger partial charge in [0.25, 0.3) is 11.3 Å². The lowest BCUT2D eigenvalue weighted by Gasteiger charge is -2.29. The number of hydrogen-bond donors (Lipinski definition) is 3. The fourth-order valence-electron chi connectivity index (χ4n) is 3.84. The smallest absolute Gasteiger partial charge is 0.417 e. The van der Waals surface area contributed by atoms with Gasteiger partial charge in [0, 0.05) is 15.5 Å². The van der Waals surface area contributed by atoms with E-state index in [1.54, 1.807) is 62.4 Å². The SMILES string of the molecule is CC(C)C(C(=O)O)N(c1ccc(-c2ccc(OC(=O)Nc3csc4ccccc34)cc2)cc1)S(=O)O. The Hall–Kier alpha value is -3.73. The van der Waals surface area contributed by atoms with E-state index in [1.165, 1.54) is 11.3 Å².